The highest BCUT2D eigenvalue weighted by Crippen LogP contribution is 2.21. The number of hydrogen-bond acceptors (Lipinski definition) is 4. The second-order valence-electron chi connectivity index (χ2n) is 2.95. The molecule has 0 aromatic carbocycles. The summed E-state index contributed by atoms with van der Waals surface area (Å²) in [4.78, 5) is 0.994. The van der Waals surface area contributed by atoms with Crippen LogP contribution >= 0.6 is 11.3 Å². The van der Waals surface area contributed by atoms with Crippen LogP contribution in [0.2, 0.25) is 0 Å². The summed E-state index contributed by atoms with van der Waals surface area (Å²) in [6.07, 6.45) is -0.137. The maximum Gasteiger partial charge on any atom is 0.0705 e. The number of nitrogens with two attached hydrogens (primary N) is 1. The van der Waals surface area contributed by atoms with Gasteiger partial charge in [0.05, 0.1) is 24.6 Å². The van der Waals surface area contributed by atoms with Gasteiger partial charge in [-0.15, -0.1) is 11.3 Å². The van der Waals surface area contributed by atoms with E-state index in [0.717, 1.165) is 10.4 Å². The molecule has 1 rings (SSSR count). The molecule has 0 aliphatic rings. The molecule has 0 radical (unpaired) electrons. The van der Waals surface area contributed by atoms with Gasteiger partial charge in [0, 0.05) is 4.88 Å². The lowest BCUT2D eigenvalue weighted by Crippen LogP contribution is -2.22. The molecule has 0 amide bonds. The van der Waals surface area contributed by atoms with Crippen LogP contribution in [0.5, 0.6) is 0 Å². The van der Waals surface area contributed by atoms with Crippen LogP contribution in [0.15, 0.2) is 11.4 Å². The van der Waals surface area contributed by atoms with Gasteiger partial charge in [-0.1, -0.05) is 0 Å². The predicted molar refractivity (Wildman–Crippen MR) is 52.2 cm³/mol. The third kappa shape index (κ3) is 2.52. The molecule has 0 aliphatic carbocycles. The fourth-order valence-corrected chi connectivity index (χ4v) is 1.89. The van der Waals surface area contributed by atoms with Crippen LogP contribution in [0.1, 0.15) is 23.4 Å². The standard InChI is InChI=1S/C9H12N2OS/c1-6(12)9(11)7-4-8(2-3-10)13-5-7/h4-6,9,12H,2,11H2,1H3. The molecule has 13 heavy (non-hydrogen) atoms. The van der Waals surface area contributed by atoms with Crippen molar-refractivity contribution < 1.29 is 5.11 Å². The van der Waals surface area contributed by atoms with Gasteiger partial charge in [-0.2, -0.15) is 5.26 Å². The van der Waals surface area contributed by atoms with E-state index in [9.17, 15) is 5.11 Å². The number of hydrogen-bond donors (Lipinski definition) is 2. The summed E-state index contributed by atoms with van der Waals surface area (Å²) in [6.45, 7) is 1.66. The highest BCUT2D eigenvalue weighted by molar-refractivity contribution is 7.10. The SMILES string of the molecule is CC(O)C(N)c1csc(CC#N)c1. The van der Waals surface area contributed by atoms with Crippen molar-refractivity contribution in [1.82, 2.24) is 0 Å². The van der Waals surface area contributed by atoms with Crippen LogP contribution in [0.25, 0.3) is 0 Å². The molecule has 1 aromatic heterocycles. The molecule has 1 aromatic rings. The zero-order valence-corrected chi connectivity index (χ0v) is 8.21. The Morgan fingerprint density at radius 1 is 1.77 bits per heavy atom. The van der Waals surface area contributed by atoms with Gasteiger partial charge in [0.25, 0.3) is 0 Å². The van der Waals surface area contributed by atoms with E-state index in [1.807, 2.05) is 11.4 Å². The zero-order chi connectivity index (χ0) is 9.84. The first-order valence-electron chi connectivity index (χ1n) is 4.03. The van der Waals surface area contributed by atoms with Crippen molar-refractivity contribution in [3.8, 4) is 6.07 Å². The predicted octanol–water partition coefficient (Wildman–Crippen LogP) is 1.19. The van der Waals surface area contributed by atoms with E-state index < -0.39 is 6.10 Å². The minimum absolute atomic E-state index is 0.344. The third-order valence-electron chi connectivity index (χ3n) is 1.83. The highest BCUT2D eigenvalue weighted by Gasteiger charge is 2.13. The van der Waals surface area contributed by atoms with E-state index in [-0.39, 0.29) is 6.04 Å². The van der Waals surface area contributed by atoms with Crippen molar-refractivity contribution in [2.75, 3.05) is 0 Å². The Balaban J connectivity index is 2.74. The van der Waals surface area contributed by atoms with E-state index in [1.165, 1.54) is 11.3 Å². The summed E-state index contributed by atoms with van der Waals surface area (Å²) >= 11 is 1.51. The average Bonchev–Trinajstić information content (AvgIpc) is 2.52. The molecule has 2 atom stereocenters. The number of nitrogens with zero attached hydrogens (tertiary/aromatic N) is 1. The second kappa shape index (κ2) is 4.38. The second-order valence-corrected chi connectivity index (χ2v) is 3.94. The van der Waals surface area contributed by atoms with Crippen molar-refractivity contribution in [3.63, 3.8) is 0 Å². The Bertz CT molecular complexity index is 314. The molecule has 4 heteroatoms. The Labute approximate surface area is 81.4 Å². The quantitative estimate of drug-likeness (QED) is 0.763. The molecule has 0 aliphatic heterocycles. The van der Waals surface area contributed by atoms with E-state index in [0.29, 0.717) is 6.42 Å². The van der Waals surface area contributed by atoms with Gasteiger partial charge in [0.2, 0.25) is 0 Å². The lowest BCUT2D eigenvalue weighted by molar-refractivity contribution is 0.164. The van der Waals surface area contributed by atoms with E-state index in [1.54, 1.807) is 6.92 Å². The molecule has 0 bridgehead atoms. The molecule has 70 valence electrons. The van der Waals surface area contributed by atoms with E-state index in [4.69, 9.17) is 11.0 Å². The fourth-order valence-electron chi connectivity index (χ4n) is 1.02. The lowest BCUT2D eigenvalue weighted by atomic mass is 10.1. The summed E-state index contributed by atoms with van der Waals surface area (Å²) in [5, 5.41) is 19.6. The minimum atomic E-state index is -0.551. The van der Waals surface area contributed by atoms with E-state index in [2.05, 4.69) is 6.07 Å². The fraction of sp³-hybridized carbons (Fsp3) is 0.444. The third-order valence-corrected chi connectivity index (χ3v) is 2.79. The molecule has 3 nitrogen and oxygen atoms in total. The molecule has 0 saturated carbocycles. The Morgan fingerprint density at radius 2 is 2.46 bits per heavy atom. The molecule has 3 N–H and O–H groups in total. The molecule has 0 spiro atoms. The smallest absolute Gasteiger partial charge is 0.0705 e. The van der Waals surface area contributed by atoms with Crippen LogP contribution in [0.3, 0.4) is 0 Å². The van der Waals surface area contributed by atoms with Crippen LogP contribution < -0.4 is 5.73 Å². The van der Waals surface area contributed by atoms with Crippen molar-refractivity contribution in [2.45, 2.75) is 25.5 Å². The maximum atomic E-state index is 9.23. The summed E-state index contributed by atoms with van der Waals surface area (Å²) < 4.78 is 0. The summed E-state index contributed by atoms with van der Waals surface area (Å²) in [5.74, 6) is 0. The van der Waals surface area contributed by atoms with Gasteiger partial charge < -0.3 is 10.8 Å². The van der Waals surface area contributed by atoms with Gasteiger partial charge >= 0.3 is 0 Å². The monoisotopic (exact) mass is 196 g/mol. The first-order chi connectivity index (χ1) is 6.15. The summed E-state index contributed by atoms with van der Waals surface area (Å²) in [5.41, 5.74) is 6.63. The molecule has 1 heterocycles. The van der Waals surface area contributed by atoms with Crippen molar-refractivity contribution in [2.24, 2.45) is 5.73 Å². The lowest BCUT2D eigenvalue weighted by Gasteiger charge is -2.12. The molecular weight excluding hydrogens is 184 g/mol. The van der Waals surface area contributed by atoms with Gasteiger partial charge in [-0.05, 0) is 23.9 Å². The Hall–Kier alpha value is -0.890. The zero-order valence-electron chi connectivity index (χ0n) is 7.40. The number of thiophene rings is 1. The Morgan fingerprint density at radius 3 is 3.00 bits per heavy atom. The van der Waals surface area contributed by atoms with Crippen molar-refractivity contribution in [1.29, 1.82) is 5.26 Å². The highest BCUT2D eigenvalue weighted by atomic mass is 32.1. The number of aliphatic hydroxyl groups excluding tert-OH is 1. The first-order valence-corrected chi connectivity index (χ1v) is 4.91. The number of nitriles is 1. The van der Waals surface area contributed by atoms with Crippen molar-refractivity contribution in [3.05, 3.63) is 21.9 Å². The van der Waals surface area contributed by atoms with Gasteiger partial charge in [0.1, 0.15) is 0 Å². The van der Waals surface area contributed by atoms with Gasteiger partial charge in [-0.3, -0.25) is 0 Å². The molecule has 2 unspecified atom stereocenters. The number of aliphatic hydroxyl groups is 1. The minimum Gasteiger partial charge on any atom is -0.391 e. The summed E-state index contributed by atoms with van der Waals surface area (Å²) in [6, 6.07) is 3.61. The Kier molecular flexibility index (Phi) is 3.43. The normalized spacial score (nSPS) is 14.9. The maximum absolute atomic E-state index is 9.23. The van der Waals surface area contributed by atoms with Gasteiger partial charge in [-0.25, -0.2) is 0 Å². The number of rotatable bonds is 3. The van der Waals surface area contributed by atoms with Crippen LogP contribution in [0, 0.1) is 11.3 Å². The van der Waals surface area contributed by atoms with Crippen LogP contribution in [-0.4, -0.2) is 11.2 Å². The largest absolute Gasteiger partial charge is 0.391 e. The van der Waals surface area contributed by atoms with Crippen molar-refractivity contribution >= 4 is 11.3 Å². The first kappa shape index (κ1) is 10.2. The van der Waals surface area contributed by atoms with Crippen LogP contribution in [0.4, 0.5) is 0 Å². The van der Waals surface area contributed by atoms with Crippen LogP contribution in [-0.2, 0) is 6.42 Å². The molecular formula is C9H12N2OS. The van der Waals surface area contributed by atoms with E-state index >= 15 is 0 Å². The average molecular weight is 196 g/mol. The molecule has 0 fully saturated rings. The topological polar surface area (TPSA) is 70.0 Å². The van der Waals surface area contributed by atoms with Gasteiger partial charge in [0.15, 0.2) is 0 Å². The summed E-state index contributed by atoms with van der Waals surface area (Å²) in [7, 11) is 0. The molecule has 0 saturated heterocycles.